The molecule has 0 saturated carbocycles. The van der Waals surface area contributed by atoms with E-state index in [1.54, 1.807) is 0 Å². The smallest absolute Gasteiger partial charge is 0.0574 e. The normalized spacial score (nSPS) is 13.3. The van der Waals surface area contributed by atoms with Crippen LogP contribution in [0.5, 0.6) is 0 Å². The Balaban J connectivity index is 3.23. The molecule has 0 amide bonds. The van der Waals surface area contributed by atoms with Crippen LogP contribution < -0.4 is 0 Å². The van der Waals surface area contributed by atoms with Gasteiger partial charge in [-0.25, -0.2) is 0 Å². The number of allylic oxidation sites excluding steroid dienone is 1. The van der Waals surface area contributed by atoms with Gasteiger partial charge in [-0.05, 0) is 25.7 Å². The molecule has 0 aliphatic carbocycles. The molecule has 107 valence electrons. The molecule has 0 aromatic carbocycles. The van der Waals surface area contributed by atoms with Gasteiger partial charge in [0, 0.05) is 0 Å². The highest BCUT2D eigenvalue weighted by molar-refractivity contribution is 4.83. The molecule has 1 radical (unpaired) electrons. The van der Waals surface area contributed by atoms with Crippen molar-refractivity contribution in [2.75, 3.05) is 0 Å². The van der Waals surface area contributed by atoms with Crippen molar-refractivity contribution < 1.29 is 5.11 Å². The first-order valence-electron chi connectivity index (χ1n) is 7.93. The second-order valence-corrected chi connectivity index (χ2v) is 5.27. The van der Waals surface area contributed by atoms with E-state index in [0.717, 1.165) is 19.3 Å². The Bertz CT molecular complexity index is 174. The number of rotatable bonds is 13. The van der Waals surface area contributed by atoms with E-state index in [2.05, 4.69) is 26.0 Å². The Hall–Kier alpha value is -0.300. The fourth-order valence-electron chi connectivity index (χ4n) is 2.09. The summed E-state index contributed by atoms with van der Waals surface area (Å²) in [5.41, 5.74) is 0. The van der Waals surface area contributed by atoms with Gasteiger partial charge in [0.25, 0.3) is 0 Å². The summed E-state index contributed by atoms with van der Waals surface area (Å²) >= 11 is 0. The van der Waals surface area contributed by atoms with E-state index in [0.29, 0.717) is 0 Å². The van der Waals surface area contributed by atoms with Crippen LogP contribution in [0.4, 0.5) is 0 Å². The molecule has 0 bridgehead atoms. The summed E-state index contributed by atoms with van der Waals surface area (Å²) in [5.74, 6) is 0. The van der Waals surface area contributed by atoms with Crippen molar-refractivity contribution in [2.24, 2.45) is 0 Å². The zero-order valence-electron chi connectivity index (χ0n) is 12.4. The molecule has 0 rings (SSSR count). The molecule has 18 heavy (non-hydrogen) atoms. The van der Waals surface area contributed by atoms with E-state index in [9.17, 15) is 5.11 Å². The highest BCUT2D eigenvalue weighted by atomic mass is 16.3. The van der Waals surface area contributed by atoms with Gasteiger partial charge in [0.2, 0.25) is 0 Å². The fourth-order valence-corrected chi connectivity index (χ4v) is 2.09. The van der Waals surface area contributed by atoms with Crippen molar-refractivity contribution in [2.45, 2.75) is 90.1 Å². The molecule has 1 atom stereocenters. The minimum absolute atomic E-state index is 0.121. The Morgan fingerprint density at radius 3 is 2.39 bits per heavy atom. The average molecular weight is 253 g/mol. The summed E-state index contributed by atoms with van der Waals surface area (Å²) in [6.07, 6.45) is 18.5. The minimum Gasteiger partial charge on any atom is -0.393 e. The molecular formula is C17H33O. The average Bonchev–Trinajstić information content (AvgIpc) is 2.38. The first kappa shape index (κ1) is 17.7. The summed E-state index contributed by atoms with van der Waals surface area (Å²) in [5, 5.41) is 9.76. The molecular weight excluding hydrogens is 220 g/mol. The van der Waals surface area contributed by atoms with Gasteiger partial charge in [0.05, 0.1) is 6.10 Å². The van der Waals surface area contributed by atoms with Crippen molar-refractivity contribution in [3.05, 3.63) is 19.1 Å². The zero-order valence-corrected chi connectivity index (χ0v) is 12.4. The Morgan fingerprint density at radius 2 is 1.67 bits per heavy atom. The minimum atomic E-state index is -0.121. The summed E-state index contributed by atoms with van der Waals surface area (Å²) in [4.78, 5) is 0. The van der Waals surface area contributed by atoms with E-state index >= 15 is 0 Å². The molecule has 1 unspecified atom stereocenters. The van der Waals surface area contributed by atoms with Gasteiger partial charge in [-0.3, -0.25) is 0 Å². The zero-order chi connectivity index (χ0) is 13.5. The highest BCUT2D eigenvalue weighted by Crippen LogP contribution is 2.09. The second kappa shape index (κ2) is 14.8. The summed E-state index contributed by atoms with van der Waals surface area (Å²) in [7, 11) is 0. The van der Waals surface area contributed by atoms with E-state index in [4.69, 9.17) is 0 Å². The molecule has 1 heteroatoms. The number of hydrogen-bond donors (Lipinski definition) is 1. The van der Waals surface area contributed by atoms with Gasteiger partial charge in [0.15, 0.2) is 0 Å². The van der Waals surface area contributed by atoms with Crippen molar-refractivity contribution in [1.82, 2.24) is 0 Å². The van der Waals surface area contributed by atoms with Crippen LogP contribution in [0.15, 0.2) is 12.2 Å². The third kappa shape index (κ3) is 13.8. The van der Waals surface area contributed by atoms with Gasteiger partial charge in [-0.15, -0.1) is 0 Å². The fraction of sp³-hybridized carbons (Fsp3) is 0.824. The van der Waals surface area contributed by atoms with Crippen molar-refractivity contribution in [3.8, 4) is 0 Å². The molecule has 0 aromatic rings. The van der Waals surface area contributed by atoms with Crippen LogP contribution >= 0.6 is 0 Å². The van der Waals surface area contributed by atoms with Crippen LogP contribution in [-0.2, 0) is 0 Å². The molecule has 0 heterocycles. The standard InChI is InChI=1S/C17H33O/c1-3-5-7-9-10-11-12-14-16-17(18)15-13-8-6-4-2/h12,14,17-18H,1,3-11,13,15-16H2,2H3. The van der Waals surface area contributed by atoms with E-state index < -0.39 is 0 Å². The van der Waals surface area contributed by atoms with Gasteiger partial charge in [0.1, 0.15) is 0 Å². The molecule has 1 nitrogen and oxygen atoms in total. The predicted molar refractivity (Wildman–Crippen MR) is 81.6 cm³/mol. The molecule has 1 N–H and O–H groups in total. The van der Waals surface area contributed by atoms with Crippen molar-refractivity contribution in [1.29, 1.82) is 0 Å². The monoisotopic (exact) mass is 253 g/mol. The lowest BCUT2D eigenvalue weighted by atomic mass is 10.1. The number of aliphatic hydroxyl groups is 1. The van der Waals surface area contributed by atoms with Crippen LogP contribution in [0.3, 0.4) is 0 Å². The van der Waals surface area contributed by atoms with E-state index in [1.807, 2.05) is 0 Å². The topological polar surface area (TPSA) is 20.2 Å². The largest absolute Gasteiger partial charge is 0.393 e. The van der Waals surface area contributed by atoms with Crippen molar-refractivity contribution >= 4 is 0 Å². The van der Waals surface area contributed by atoms with Gasteiger partial charge < -0.3 is 5.11 Å². The summed E-state index contributed by atoms with van der Waals surface area (Å²) < 4.78 is 0. The Labute approximate surface area is 115 Å². The molecule has 0 fully saturated rings. The first-order chi connectivity index (χ1) is 8.81. The predicted octanol–water partition coefficient (Wildman–Crippen LogP) is 5.44. The van der Waals surface area contributed by atoms with Gasteiger partial charge >= 0.3 is 0 Å². The van der Waals surface area contributed by atoms with Crippen LogP contribution in [0, 0.1) is 6.92 Å². The number of aliphatic hydroxyl groups excluding tert-OH is 1. The molecule has 0 aromatic heterocycles. The van der Waals surface area contributed by atoms with Crippen LogP contribution in [-0.4, -0.2) is 11.2 Å². The Morgan fingerprint density at radius 1 is 0.944 bits per heavy atom. The maximum absolute atomic E-state index is 9.76. The number of hydrogen-bond acceptors (Lipinski definition) is 1. The first-order valence-corrected chi connectivity index (χ1v) is 7.93. The third-order valence-corrected chi connectivity index (χ3v) is 3.34. The molecule has 0 aliphatic rings. The maximum Gasteiger partial charge on any atom is 0.0574 e. The lowest BCUT2D eigenvalue weighted by Crippen LogP contribution is -2.04. The Kier molecular flexibility index (Phi) is 14.5. The van der Waals surface area contributed by atoms with Crippen LogP contribution in [0.25, 0.3) is 0 Å². The van der Waals surface area contributed by atoms with Gasteiger partial charge in [-0.1, -0.05) is 77.4 Å². The number of unbranched alkanes of at least 4 members (excludes halogenated alkanes) is 8. The molecule has 0 aliphatic heterocycles. The SMILES string of the molecule is [CH2]CCCCCCC=CCC(O)CCCCCC. The highest BCUT2D eigenvalue weighted by Gasteiger charge is 2.00. The summed E-state index contributed by atoms with van der Waals surface area (Å²) in [6, 6.07) is 0. The van der Waals surface area contributed by atoms with Crippen LogP contribution in [0.1, 0.15) is 84.0 Å². The molecule has 0 saturated heterocycles. The lowest BCUT2D eigenvalue weighted by molar-refractivity contribution is 0.163. The van der Waals surface area contributed by atoms with E-state index in [-0.39, 0.29) is 6.10 Å². The van der Waals surface area contributed by atoms with Gasteiger partial charge in [-0.2, -0.15) is 0 Å². The third-order valence-electron chi connectivity index (χ3n) is 3.34. The van der Waals surface area contributed by atoms with Crippen molar-refractivity contribution in [3.63, 3.8) is 0 Å². The molecule has 0 spiro atoms. The quantitative estimate of drug-likeness (QED) is 0.342. The lowest BCUT2D eigenvalue weighted by Gasteiger charge is -2.06. The summed E-state index contributed by atoms with van der Waals surface area (Å²) in [6.45, 7) is 6.06. The van der Waals surface area contributed by atoms with Crippen LogP contribution in [0.2, 0.25) is 0 Å². The van der Waals surface area contributed by atoms with E-state index in [1.165, 1.54) is 57.8 Å². The maximum atomic E-state index is 9.76. The second-order valence-electron chi connectivity index (χ2n) is 5.27.